The summed E-state index contributed by atoms with van der Waals surface area (Å²) in [5.74, 6) is 1.69. The lowest BCUT2D eigenvalue weighted by Gasteiger charge is -2.45. The van der Waals surface area contributed by atoms with Crippen LogP contribution in [0.25, 0.3) is 0 Å². The van der Waals surface area contributed by atoms with E-state index in [0.29, 0.717) is 23.8 Å². The molecular formula is C20H29ClN2O. The topological polar surface area (TPSA) is 46.3 Å². The maximum atomic E-state index is 13.3. The number of hydrogen-bond acceptors (Lipinski definition) is 2. The van der Waals surface area contributed by atoms with Gasteiger partial charge >= 0.3 is 0 Å². The van der Waals surface area contributed by atoms with Crippen LogP contribution in [0.2, 0.25) is 0 Å². The van der Waals surface area contributed by atoms with Crippen molar-refractivity contribution in [3.8, 4) is 0 Å². The van der Waals surface area contributed by atoms with Gasteiger partial charge in [-0.3, -0.25) is 4.79 Å². The van der Waals surface area contributed by atoms with E-state index in [1.54, 1.807) is 0 Å². The fourth-order valence-corrected chi connectivity index (χ4v) is 5.12. The Morgan fingerprint density at radius 2 is 1.88 bits per heavy atom. The summed E-state index contributed by atoms with van der Waals surface area (Å²) in [5, 5.41) is 0. The van der Waals surface area contributed by atoms with Gasteiger partial charge < -0.3 is 10.6 Å². The zero-order valence-electron chi connectivity index (χ0n) is 14.5. The SMILES string of the molecule is Cc1ccc2c(c1)N(C(=O)C1CC3CCCC(C1)C3N)CCC2.Cl. The first-order chi connectivity index (χ1) is 11.1. The van der Waals surface area contributed by atoms with Crippen molar-refractivity contribution >= 4 is 24.0 Å². The molecule has 4 rings (SSSR count). The van der Waals surface area contributed by atoms with Gasteiger partial charge in [0.2, 0.25) is 5.91 Å². The van der Waals surface area contributed by atoms with Crippen LogP contribution >= 0.6 is 12.4 Å². The molecule has 2 atom stereocenters. The third-order valence-corrected chi connectivity index (χ3v) is 6.39. The number of nitrogens with two attached hydrogens (primary N) is 1. The predicted octanol–water partition coefficient (Wildman–Crippen LogP) is 3.85. The summed E-state index contributed by atoms with van der Waals surface area (Å²) >= 11 is 0. The summed E-state index contributed by atoms with van der Waals surface area (Å²) in [6, 6.07) is 6.90. The second-order valence-electron chi connectivity index (χ2n) is 7.92. The number of benzene rings is 1. The number of anilines is 1. The fourth-order valence-electron chi connectivity index (χ4n) is 5.12. The van der Waals surface area contributed by atoms with Crippen molar-refractivity contribution in [3.05, 3.63) is 29.3 Å². The summed E-state index contributed by atoms with van der Waals surface area (Å²) in [4.78, 5) is 15.3. The molecule has 132 valence electrons. The van der Waals surface area contributed by atoms with Crippen LogP contribution in [0.3, 0.4) is 0 Å². The quantitative estimate of drug-likeness (QED) is 0.837. The Morgan fingerprint density at radius 1 is 1.17 bits per heavy atom. The molecule has 1 heterocycles. The molecule has 2 bridgehead atoms. The maximum absolute atomic E-state index is 13.3. The second kappa shape index (κ2) is 7.05. The molecule has 1 aromatic rings. The van der Waals surface area contributed by atoms with Gasteiger partial charge in [0.25, 0.3) is 0 Å². The first kappa shape index (κ1) is 17.8. The minimum Gasteiger partial charge on any atom is -0.327 e. The Morgan fingerprint density at radius 3 is 2.58 bits per heavy atom. The normalized spacial score (nSPS) is 31.8. The highest BCUT2D eigenvalue weighted by Gasteiger charge is 2.42. The number of fused-ring (bicyclic) bond motifs is 3. The number of hydrogen-bond donors (Lipinski definition) is 1. The van der Waals surface area contributed by atoms with Crippen LogP contribution in [0.4, 0.5) is 5.69 Å². The fraction of sp³-hybridized carbons (Fsp3) is 0.650. The summed E-state index contributed by atoms with van der Waals surface area (Å²) in [6.45, 7) is 2.99. The molecule has 4 heteroatoms. The van der Waals surface area contributed by atoms with Gasteiger partial charge in [0.05, 0.1) is 0 Å². The van der Waals surface area contributed by atoms with Crippen LogP contribution in [0.5, 0.6) is 0 Å². The van der Waals surface area contributed by atoms with Crippen molar-refractivity contribution in [2.24, 2.45) is 23.5 Å². The van der Waals surface area contributed by atoms with E-state index in [-0.39, 0.29) is 18.3 Å². The lowest BCUT2D eigenvalue weighted by atomic mass is 9.65. The largest absolute Gasteiger partial charge is 0.327 e. The van der Waals surface area contributed by atoms with Gasteiger partial charge in [0.15, 0.2) is 0 Å². The van der Waals surface area contributed by atoms with Crippen LogP contribution in [0, 0.1) is 24.7 Å². The highest BCUT2D eigenvalue weighted by molar-refractivity contribution is 5.96. The zero-order chi connectivity index (χ0) is 16.0. The lowest BCUT2D eigenvalue weighted by Crippen LogP contribution is -2.50. The molecule has 1 aliphatic heterocycles. The number of carbonyl (C=O) groups excluding carboxylic acids is 1. The van der Waals surface area contributed by atoms with Gasteiger partial charge in [-0.05, 0) is 74.5 Å². The van der Waals surface area contributed by atoms with Crippen molar-refractivity contribution < 1.29 is 4.79 Å². The van der Waals surface area contributed by atoms with Gasteiger partial charge in [-0.15, -0.1) is 12.4 Å². The molecule has 2 unspecified atom stereocenters. The lowest BCUT2D eigenvalue weighted by molar-refractivity contribution is -0.125. The molecule has 1 aromatic carbocycles. The smallest absolute Gasteiger partial charge is 0.230 e. The van der Waals surface area contributed by atoms with Gasteiger partial charge in [-0.25, -0.2) is 0 Å². The van der Waals surface area contributed by atoms with E-state index in [4.69, 9.17) is 5.73 Å². The molecule has 2 fully saturated rings. The van der Waals surface area contributed by atoms with Gasteiger partial charge in [-0.2, -0.15) is 0 Å². The average Bonchev–Trinajstić information content (AvgIpc) is 2.53. The Kier molecular flexibility index (Phi) is 5.22. The Bertz CT molecular complexity index is 604. The molecule has 0 saturated heterocycles. The molecular weight excluding hydrogens is 320 g/mol. The molecule has 0 aromatic heterocycles. The number of aryl methyl sites for hydroxylation is 2. The molecule has 2 N–H and O–H groups in total. The number of carbonyl (C=O) groups is 1. The monoisotopic (exact) mass is 348 g/mol. The second-order valence-corrected chi connectivity index (χ2v) is 7.92. The molecule has 0 spiro atoms. The standard InChI is InChI=1S/C20H28N2O.ClH/c1-13-7-8-14-6-3-9-22(18(14)10-13)20(23)17-11-15-4-2-5-16(12-17)19(15)21;/h7-8,10,15-17,19H,2-6,9,11-12,21H2,1H3;1H. The average molecular weight is 349 g/mol. The molecule has 0 radical (unpaired) electrons. The van der Waals surface area contributed by atoms with Gasteiger partial charge in [0, 0.05) is 24.2 Å². The Balaban J connectivity index is 0.00000169. The maximum Gasteiger partial charge on any atom is 0.230 e. The molecule has 3 aliphatic rings. The van der Waals surface area contributed by atoms with E-state index < -0.39 is 0 Å². The minimum absolute atomic E-state index is 0. The predicted molar refractivity (Wildman–Crippen MR) is 101 cm³/mol. The minimum atomic E-state index is 0. The number of rotatable bonds is 1. The highest BCUT2D eigenvalue weighted by Crippen LogP contribution is 2.43. The molecule has 24 heavy (non-hydrogen) atoms. The number of halogens is 1. The number of amides is 1. The third kappa shape index (κ3) is 3.09. The van der Waals surface area contributed by atoms with E-state index in [0.717, 1.165) is 32.2 Å². The zero-order valence-corrected chi connectivity index (χ0v) is 15.4. The van der Waals surface area contributed by atoms with Gasteiger partial charge in [0.1, 0.15) is 0 Å². The summed E-state index contributed by atoms with van der Waals surface area (Å²) < 4.78 is 0. The Hall–Kier alpha value is -1.06. The molecule has 2 saturated carbocycles. The summed E-state index contributed by atoms with van der Waals surface area (Å²) in [6.07, 6.45) is 7.94. The Labute approximate surface area is 151 Å². The van der Waals surface area contributed by atoms with Crippen molar-refractivity contribution in [1.82, 2.24) is 0 Å². The highest BCUT2D eigenvalue weighted by atomic mass is 35.5. The third-order valence-electron chi connectivity index (χ3n) is 6.39. The molecule has 1 amide bonds. The van der Waals surface area contributed by atoms with Crippen LogP contribution in [0.15, 0.2) is 18.2 Å². The van der Waals surface area contributed by atoms with Crippen LogP contribution in [-0.4, -0.2) is 18.5 Å². The van der Waals surface area contributed by atoms with Crippen LogP contribution < -0.4 is 10.6 Å². The van der Waals surface area contributed by atoms with E-state index in [9.17, 15) is 4.79 Å². The number of nitrogens with zero attached hydrogens (tertiary/aromatic N) is 1. The van der Waals surface area contributed by atoms with E-state index in [2.05, 4.69) is 30.0 Å². The summed E-state index contributed by atoms with van der Waals surface area (Å²) in [5.41, 5.74) is 10.1. The van der Waals surface area contributed by atoms with E-state index in [1.165, 1.54) is 36.1 Å². The van der Waals surface area contributed by atoms with Crippen molar-refractivity contribution in [1.29, 1.82) is 0 Å². The first-order valence-electron chi connectivity index (χ1n) is 9.30. The van der Waals surface area contributed by atoms with Crippen LogP contribution in [-0.2, 0) is 11.2 Å². The van der Waals surface area contributed by atoms with E-state index in [1.807, 2.05) is 0 Å². The van der Waals surface area contributed by atoms with E-state index >= 15 is 0 Å². The van der Waals surface area contributed by atoms with Crippen molar-refractivity contribution in [2.45, 2.75) is 57.9 Å². The van der Waals surface area contributed by atoms with Crippen molar-refractivity contribution in [3.63, 3.8) is 0 Å². The van der Waals surface area contributed by atoms with Gasteiger partial charge in [-0.1, -0.05) is 18.6 Å². The van der Waals surface area contributed by atoms with Crippen molar-refractivity contribution in [2.75, 3.05) is 11.4 Å². The summed E-state index contributed by atoms with van der Waals surface area (Å²) in [7, 11) is 0. The molecule has 3 nitrogen and oxygen atoms in total. The first-order valence-corrected chi connectivity index (χ1v) is 9.30. The molecule has 2 aliphatic carbocycles. The van der Waals surface area contributed by atoms with Crippen LogP contribution in [0.1, 0.15) is 49.7 Å².